The predicted octanol–water partition coefficient (Wildman–Crippen LogP) is 18.3. The number of allylic oxidation sites excluding steroid dienone is 14. The van der Waals surface area contributed by atoms with Gasteiger partial charge in [-0.3, -0.25) is 9.59 Å². The second-order valence-corrected chi connectivity index (χ2v) is 21.6. The summed E-state index contributed by atoms with van der Waals surface area (Å²) in [4.78, 5) is 37.5. The van der Waals surface area contributed by atoms with Crippen LogP contribution in [0.25, 0.3) is 0 Å². The minimum absolute atomic E-state index is 0.183. The number of aliphatic carboxylic acids is 1. The molecule has 0 aliphatic carbocycles. The SMILES string of the molecule is CC/C=C\C/C=C\C/C=C\C/C=C\CCCCCCCCCCC(=O)OC(COC(=O)CCCCCCCCCCCCCCCC/C=C\C/C=C\C/C=C\CCCCCCC)COC(OCC[N+](C)(C)C)C(=O)O. The average Bonchev–Trinajstić information content (AvgIpc) is 3.38. The van der Waals surface area contributed by atoms with Crippen molar-refractivity contribution in [2.75, 3.05) is 47.5 Å². The molecule has 0 heterocycles. The summed E-state index contributed by atoms with van der Waals surface area (Å²) in [5.41, 5.74) is 0. The van der Waals surface area contributed by atoms with E-state index in [1.54, 1.807) is 0 Å². The third-order valence-corrected chi connectivity index (χ3v) is 13.1. The molecule has 9 nitrogen and oxygen atoms in total. The summed E-state index contributed by atoms with van der Waals surface area (Å²) in [7, 11) is 5.97. The van der Waals surface area contributed by atoms with Gasteiger partial charge in [-0.25, -0.2) is 4.79 Å². The van der Waals surface area contributed by atoms with Gasteiger partial charge < -0.3 is 28.5 Å². The number of carbonyl (C=O) groups is 3. The van der Waals surface area contributed by atoms with Crippen molar-refractivity contribution < 1.29 is 42.9 Å². The topological polar surface area (TPSA) is 108 Å². The van der Waals surface area contributed by atoms with E-state index in [4.69, 9.17) is 18.9 Å². The maximum Gasteiger partial charge on any atom is 0.361 e. The van der Waals surface area contributed by atoms with Crippen LogP contribution in [0.2, 0.25) is 0 Å². The monoisotopic (exact) mass is 1050 g/mol. The van der Waals surface area contributed by atoms with Crippen molar-refractivity contribution in [1.82, 2.24) is 0 Å². The highest BCUT2D eigenvalue weighted by molar-refractivity contribution is 5.71. The van der Waals surface area contributed by atoms with Gasteiger partial charge in [0.15, 0.2) is 6.10 Å². The van der Waals surface area contributed by atoms with Crippen LogP contribution in [0.4, 0.5) is 0 Å². The standard InChI is InChI=1S/C66H115NO8/c1-6-8-10-12-14-16-18-20-22-24-26-28-29-30-31-32-33-34-35-37-38-40-42-44-46-48-50-52-54-56-63(68)73-60-62(61-74-66(65(70)71)72-59-58-67(3,4)5)75-64(69)57-55-53-51-49-47-45-43-41-39-36-27-25-23-21-19-17-15-13-11-9-7-2/h9,11,15,17-18,20-21,23-24,26-27,29-30,36,62,66H,6-8,10,12-14,16,19,22,25,28,31-35,37-61H2,1-5H3/p+1/b11-9-,17-15-,20-18-,23-21-,26-24-,30-29-,36-27-. The molecule has 1 N–H and O–H groups in total. The van der Waals surface area contributed by atoms with E-state index in [9.17, 15) is 19.5 Å². The largest absolute Gasteiger partial charge is 0.477 e. The van der Waals surface area contributed by atoms with Crippen LogP contribution in [-0.2, 0) is 33.3 Å². The molecule has 0 saturated heterocycles. The molecule has 0 aromatic heterocycles. The maximum atomic E-state index is 12.9. The highest BCUT2D eigenvalue weighted by atomic mass is 16.7. The first-order valence-corrected chi connectivity index (χ1v) is 30.8. The fourth-order valence-electron chi connectivity index (χ4n) is 8.42. The van der Waals surface area contributed by atoms with Crippen molar-refractivity contribution in [3.8, 4) is 0 Å². The van der Waals surface area contributed by atoms with Gasteiger partial charge in [0.05, 0.1) is 34.4 Å². The minimum Gasteiger partial charge on any atom is -0.477 e. The van der Waals surface area contributed by atoms with Crippen molar-refractivity contribution in [2.45, 2.75) is 270 Å². The van der Waals surface area contributed by atoms with Crippen molar-refractivity contribution in [2.24, 2.45) is 0 Å². The quantitative estimate of drug-likeness (QED) is 0.0211. The minimum atomic E-state index is -1.52. The normalized spacial score (nSPS) is 13.3. The molecule has 0 amide bonds. The van der Waals surface area contributed by atoms with Gasteiger partial charge in [0.2, 0.25) is 0 Å². The Balaban J connectivity index is 4.20. The van der Waals surface area contributed by atoms with Crippen molar-refractivity contribution in [1.29, 1.82) is 0 Å². The number of carboxylic acids is 1. The molecule has 0 aliphatic heterocycles. The third kappa shape index (κ3) is 58.0. The number of carboxylic acid groups (broad SMARTS) is 1. The molecule has 0 fully saturated rings. The Hall–Kier alpha value is -3.53. The Morgan fingerprint density at radius 1 is 0.413 bits per heavy atom. The first-order chi connectivity index (χ1) is 36.6. The summed E-state index contributed by atoms with van der Waals surface area (Å²) >= 11 is 0. The van der Waals surface area contributed by atoms with Gasteiger partial charge >= 0.3 is 17.9 Å². The molecule has 2 unspecified atom stereocenters. The van der Waals surface area contributed by atoms with E-state index < -0.39 is 24.3 Å². The Kier molecular flexibility index (Phi) is 54.0. The molecule has 0 radical (unpaired) electrons. The van der Waals surface area contributed by atoms with Crippen LogP contribution in [0.5, 0.6) is 0 Å². The second kappa shape index (κ2) is 56.7. The van der Waals surface area contributed by atoms with Gasteiger partial charge in [-0.2, -0.15) is 0 Å². The average molecular weight is 1050 g/mol. The van der Waals surface area contributed by atoms with Crippen molar-refractivity contribution >= 4 is 17.9 Å². The summed E-state index contributed by atoms with van der Waals surface area (Å²) in [5, 5.41) is 9.71. The van der Waals surface area contributed by atoms with Crippen LogP contribution in [0, 0.1) is 0 Å². The Labute approximate surface area is 461 Å². The fourth-order valence-corrected chi connectivity index (χ4v) is 8.42. The molecular formula is C66H116NO8+. The van der Waals surface area contributed by atoms with E-state index in [-0.39, 0.29) is 32.2 Å². The predicted molar refractivity (Wildman–Crippen MR) is 318 cm³/mol. The molecule has 0 aliphatic rings. The zero-order valence-corrected chi connectivity index (χ0v) is 49.2. The maximum absolute atomic E-state index is 12.9. The lowest BCUT2D eigenvalue weighted by molar-refractivity contribution is -0.870. The van der Waals surface area contributed by atoms with E-state index in [0.29, 0.717) is 23.9 Å². The Morgan fingerprint density at radius 2 is 0.760 bits per heavy atom. The molecule has 0 aromatic carbocycles. The van der Waals surface area contributed by atoms with Crippen LogP contribution < -0.4 is 0 Å². The molecule has 2 atom stereocenters. The van der Waals surface area contributed by atoms with E-state index in [1.165, 1.54) is 141 Å². The van der Waals surface area contributed by atoms with E-state index in [1.807, 2.05) is 21.1 Å². The van der Waals surface area contributed by atoms with Gasteiger partial charge in [-0.05, 0) is 89.9 Å². The van der Waals surface area contributed by atoms with Gasteiger partial charge in [-0.1, -0.05) is 240 Å². The van der Waals surface area contributed by atoms with Gasteiger partial charge in [0.1, 0.15) is 13.2 Å². The van der Waals surface area contributed by atoms with E-state index >= 15 is 0 Å². The number of esters is 2. The van der Waals surface area contributed by atoms with Crippen LogP contribution in [-0.4, -0.2) is 87.4 Å². The molecule has 0 spiro atoms. The highest BCUT2D eigenvalue weighted by Gasteiger charge is 2.25. The second-order valence-electron chi connectivity index (χ2n) is 21.6. The van der Waals surface area contributed by atoms with Crippen molar-refractivity contribution in [3.05, 3.63) is 85.1 Å². The summed E-state index contributed by atoms with van der Waals surface area (Å²) in [6.45, 7) is 4.76. The van der Waals surface area contributed by atoms with Crippen LogP contribution in [0.15, 0.2) is 85.1 Å². The summed E-state index contributed by atoms with van der Waals surface area (Å²) in [6, 6.07) is 0. The van der Waals surface area contributed by atoms with E-state index in [0.717, 1.165) is 83.5 Å². The van der Waals surface area contributed by atoms with Gasteiger partial charge in [0.25, 0.3) is 6.29 Å². The van der Waals surface area contributed by atoms with Gasteiger partial charge in [0, 0.05) is 12.8 Å². The highest BCUT2D eigenvalue weighted by Crippen LogP contribution is 2.16. The summed E-state index contributed by atoms with van der Waals surface area (Å²) in [5.74, 6) is -2.02. The molecule has 0 saturated carbocycles. The van der Waals surface area contributed by atoms with Crippen LogP contribution in [0.3, 0.4) is 0 Å². The third-order valence-electron chi connectivity index (χ3n) is 13.1. The number of hydrogen-bond acceptors (Lipinski definition) is 7. The lowest BCUT2D eigenvalue weighted by Crippen LogP contribution is -2.40. The number of likely N-dealkylation sites (N-methyl/N-ethyl adjacent to an activating group) is 1. The zero-order valence-electron chi connectivity index (χ0n) is 49.2. The number of unbranched alkanes of at least 4 members (excludes halogenated alkanes) is 27. The molecule has 75 heavy (non-hydrogen) atoms. The van der Waals surface area contributed by atoms with Crippen molar-refractivity contribution in [3.63, 3.8) is 0 Å². The number of quaternary nitrogens is 1. The molecule has 432 valence electrons. The number of hydrogen-bond donors (Lipinski definition) is 1. The van der Waals surface area contributed by atoms with Gasteiger partial charge in [-0.15, -0.1) is 0 Å². The number of nitrogens with zero attached hydrogens (tertiary/aromatic N) is 1. The zero-order chi connectivity index (χ0) is 54.8. The lowest BCUT2D eigenvalue weighted by atomic mass is 10.0. The Bertz CT molecular complexity index is 1500. The first kappa shape index (κ1) is 71.5. The molecule has 0 rings (SSSR count). The van der Waals surface area contributed by atoms with Crippen LogP contribution in [0.1, 0.15) is 258 Å². The Morgan fingerprint density at radius 3 is 1.13 bits per heavy atom. The summed E-state index contributed by atoms with van der Waals surface area (Å²) in [6.07, 6.45) is 72.4. The lowest BCUT2D eigenvalue weighted by Gasteiger charge is -2.25. The molecule has 9 heteroatoms. The molecule has 0 aromatic rings. The summed E-state index contributed by atoms with van der Waals surface area (Å²) < 4.78 is 22.9. The van der Waals surface area contributed by atoms with Crippen LogP contribution >= 0.6 is 0 Å². The number of rotatable bonds is 56. The smallest absolute Gasteiger partial charge is 0.361 e. The van der Waals surface area contributed by atoms with E-state index in [2.05, 4.69) is 98.9 Å². The number of ether oxygens (including phenoxy) is 4. The first-order valence-electron chi connectivity index (χ1n) is 30.8. The fraction of sp³-hybridized carbons (Fsp3) is 0.742. The molecular weight excluding hydrogens is 935 g/mol. The number of carbonyl (C=O) groups excluding carboxylic acids is 2. The molecule has 0 bridgehead atoms.